The molecule has 40 valence electrons. The van der Waals surface area contributed by atoms with Gasteiger partial charge in [-0.1, -0.05) is 0 Å². The second-order valence-electron chi connectivity index (χ2n) is 1.18. The molecule has 0 bridgehead atoms. The molecule has 0 aliphatic carbocycles. The zero-order chi connectivity index (χ0) is 5.45. The molecule has 0 rings (SSSR count). The van der Waals surface area contributed by atoms with Crippen LogP contribution < -0.4 is 0 Å². The van der Waals surface area contributed by atoms with Crippen molar-refractivity contribution in [3.63, 3.8) is 0 Å². The molecule has 6 heavy (non-hydrogen) atoms. The van der Waals surface area contributed by atoms with Gasteiger partial charge in [0, 0.05) is 0 Å². The summed E-state index contributed by atoms with van der Waals surface area (Å²) < 4.78 is 32.4. The molecule has 0 heterocycles. The van der Waals surface area contributed by atoms with Crippen LogP contribution in [0.3, 0.4) is 0 Å². The predicted molar refractivity (Wildman–Crippen MR) is 22.0 cm³/mol. The first-order valence-electron chi connectivity index (χ1n) is 1.12. The van der Waals surface area contributed by atoms with Crippen molar-refractivity contribution in [3.8, 4) is 0 Å². The molecule has 0 aliphatic rings. The SMILES string of the molecule is CS(=O)(O)(O)O. The number of rotatable bonds is 0. The summed E-state index contributed by atoms with van der Waals surface area (Å²) >= 11 is 0. The van der Waals surface area contributed by atoms with Gasteiger partial charge in [0.1, 0.15) is 0 Å². The van der Waals surface area contributed by atoms with E-state index in [9.17, 15) is 4.21 Å². The molecule has 0 saturated heterocycles. The third-order valence-electron chi connectivity index (χ3n) is 0. The van der Waals surface area contributed by atoms with Crippen LogP contribution in [-0.2, 0) is 9.91 Å². The lowest BCUT2D eigenvalue weighted by atomic mass is 12.0. The maximum absolute atomic E-state index is 9.46. The Hall–Kier alpha value is 0.0300. The largest absolute Gasteiger partial charge is 0.289 e. The van der Waals surface area contributed by atoms with Crippen LogP contribution in [0.5, 0.6) is 0 Å². The van der Waals surface area contributed by atoms with Crippen LogP contribution >= 0.6 is 0 Å². The van der Waals surface area contributed by atoms with Crippen molar-refractivity contribution in [2.45, 2.75) is 0 Å². The van der Waals surface area contributed by atoms with Crippen LogP contribution in [0.1, 0.15) is 0 Å². The average Bonchev–Trinajstić information content (AvgIpc) is 0.650. The molecule has 3 N–H and O–H groups in total. The van der Waals surface area contributed by atoms with E-state index >= 15 is 0 Å². The van der Waals surface area contributed by atoms with E-state index in [1.807, 2.05) is 0 Å². The molecular weight excluding hydrogens is 108 g/mol. The molecule has 5 heteroatoms. The van der Waals surface area contributed by atoms with E-state index in [0.29, 0.717) is 6.26 Å². The smallest absolute Gasteiger partial charge is 0.183 e. The molecule has 0 aromatic heterocycles. The number of hydrogen-bond donors (Lipinski definition) is 3. The Morgan fingerprint density at radius 3 is 1.33 bits per heavy atom. The normalized spacial score (nSPS) is 19.0. The lowest BCUT2D eigenvalue weighted by molar-refractivity contribution is 0.295. The molecule has 0 atom stereocenters. The minimum Gasteiger partial charge on any atom is -0.289 e. The minimum atomic E-state index is -5.10. The summed E-state index contributed by atoms with van der Waals surface area (Å²) in [6, 6.07) is 0. The van der Waals surface area contributed by atoms with Crippen LogP contribution in [0.15, 0.2) is 0 Å². The molecule has 0 spiro atoms. The molecule has 0 unspecified atom stereocenters. The zero-order valence-electron chi connectivity index (χ0n) is 3.16. The van der Waals surface area contributed by atoms with Gasteiger partial charge in [-0.15, -0.1) is 0 Å². The minimum absolute atomic E-state index is 0.428. The quantitative estimate of drug-likeness (QED) is 0.409. The topological polar surface area (TPSA) is 77.8 Å². The van der Waals surface area contributed by atoms with E-state index in [2.05, 4.69) is 0 Å². The van der Waals surface area contributed by atoms with Crippen LogP contribution in [0.4, 0.5) is 0 Å². The van der Waals surface area contributed by atoms with Gasteiger partial charge < -0.3 is 0 Å². The monoisotopic (exact) mass is 114 g/mol. The van der Waals surface area contributed by atoms with Crippen molar-refractivity contribution in [2.75, 3.05) is 6.26 Å². The van der Waals surface area contributed by atoms with Gasteiger partial charge in [-0.2, -0.15) is 0 Å². The molecule has 0 aromatic rings. The molecule has 0 amide bonds. The Labute approximate surface area is 35.1 Å². The van der Waals surface area contributed by atoms with Crippen molar-refractivity contribution in [1.29, 1.82) is 0 Å². The van der Waals surface area contributed by atoms with Gasteiger partial charge >= 0.3 is 0 Å². The van der Waals surface area contributed by atoms with Crippen LogP contribution in [-0.4, -0.2) is 24.1 Å². The first-order valence-corrected chi connectivity index (χ1v) is 3.37. The maximum Gasteiger partial charge on any atom is 0.183 e. The van der Waals surface area contributed by atoms with Gasteiger partial charge in [0.2, 0.25) is 0 Å². The fraction of sp³-hybridized carbons (Fsp3) is 1.00. The van der Waals surface area contributed by atoms with Gasteiger partial charge in [-0.3, -0.25) is 13.7 Å². The lowest BCUT2D eigenvalue weighted by Crippen LogP contribution is -2.26. The van der Waals surface area contributed by atoms with E-state index in [0.717, 1.165) is 0 Å². The second-order valence-corrected chi connectivity index (χ2v) is 3.55. The summed E-state index contributed by atoms with van der Waals surface area (Å²) in [7, 11) is -5.10. The van der Waals surface area contributed by atoms with Crippen molar-refractivity contribution >= 4 is 9.91 Å². The van der Waals surface area contributed by atoms with Crippen molar-refractivity contribution in [2.24, 2.45) is 0 Å². The summed E-state index contributed by atoms with van der Waals surface area (Å²) in [5.41, 5.74) is 0. The fourth-order valence-corrected chi connectivity index (χ4v) is 0. The van der Waals surface area contributed by atoms with E-state index < -0.39 is 9.91 Å². The van der Waals surface area contributed by atoms with Crippen LogP contribution in [0.2, 0.25) is 0 Å². The van der Waals surface area contributed by atoms with Gasteiger partial charge in [0.05, 0.1) is 6.26 Å². The molecule has 0 saturated carbocycles. The molecular formula is CH6O4S. The highest BCUT2D eigenvalue weighted by atomic mass is 32.3. The first kappa shape index (κ1) is 6.03. The second kappa shape index (κ2) is 0.812. The van der Waals surface area contributed by atoms with E-state index in [1.54, 1.807) is 0 Å². The standard InChI is InChI=1S/CH6O4S/c1-6(2,3,4)5/h1H3,(H3,2,3,4,5). The van der Waals surface area contributed by atoms with Gasteiger partial charge in [-0.25, -0.2) is 4.21 Å². The Morgan fingerprint density at radius 1 is 1.33 bits per heavy atom. The first-order chi connectivity index (χ1) is 2.24. The Balaban J connectivity index is 4.16. The highest BCUT2D eigenvalue weighted by Gasteiger charge is 2.13. The summed E-state index contributed by atoms with van der Waals surface area (Å²) in [4.78, 5) is 0. The third-order valence-corrected chi connectivity index (χ3v) is 0. The van der Waals surface area contributed by atoms with Crippen LogP contribution in [0, 0.1) is 0 Å². The van der Waals surface area contributed by atoms with Crippen molar-refractivity contribution < 1.29 is 17.9 Å². The maximum atomic E-state index is 9.46. The zero-order valence-corrected chi connectivity index (χ0v) is 3.97. The third kappa shape index (κ3) is 41100. The van der Waals surface area contributed by atoms with Gasteiger partial charge in [0.15, 0.2) is 9.91 Å². The highest BCUT2D eigenvalue weighted by Crippen LogP contribution is 1.99. The van der Waals surface area contributed by atoms with Crippen LogP contribution in [0.25, 0.3) is 0 Å². The van der Waals surface area contributed by atoms with Crippen molar-refractivity contribution in [1.82, 2.24) is 0 Å². The van der Waals surface area contributed by atoms with Gasteiger partial charge in [0.25, 0.3) is 0 Å². The highest BCUT2D eigenvalue weighted by molar-refractivity contribution is 8.04. The fourth-order valence-electron chi connectivity index (χ4n) is 0. The van der Waals surface area contributed by atoms with E-state index in [1.165, 1.54) is 0 Å². The molecule has 4 nitrogen and oxygen atoms in total. The summed E-state index contributed by atoms with van der Waals surface area (Å²) in [5, 5.41) is 0. The molecule has 0 aromatic carbocycles. The Kier molecular flexibility index (Phi) is 0.816. The molecule has 0 fully saturated rings. The van der Waals surface area contributed by atoms with E-state index in [4.69, 9.17) is 13.7 Å². The Bertz CT molecular complexity index is 85.2. The molecule has 0 aliphatic heterocycles. The Morgan fingerprint density at radius 2 is 1.33 bits per heavy atom. The molecule has 0 radical (unpaired) electrons. The lowest BCUT2D eigenvalue weighted by Gasteiger charge is -2.14. The summed E-state index contributed by atoms with van der Waals surface area (Å²) in [6.07, 6.45) is 0.428. The summed E-state index contributed by atoms with van der Waals surface area (Å²) in [6.45, 7) is 0. The number of hydrogen-bond acceptors (Lipinski definition) is 1. The average molecular weight is 114 g/mol. The van der Waals surface area contributed by atoms with E-state index in [-0.39, 0.29) is 0 Å². The van der Waals surface area contributed by atoms with Crippen molar-refractivity contribution in [3.05, 3.63) is 0 Å². The van der Waals surface area contributed by atoms with Gasteiger partial charge in [-0.05, 0) is 0 Å². The summed E-state index contributed by atoms with van der Waals surface area (Å²) in [5.74, 6) is 0. The predicted octanol–water partition coefficient (Wildman–Crippen LogP) is -0.145.